The van der Waals surface area contributed by atoms with Crippen molar-refractivity contribution in [3.63, 3.8) is 0 Å². The number of aromatic nitrogens is 2. The Morgan fingerprint density at radius 3 is 3.00 bits per heavy atom. The number of rotatable bonds is 4. The number of hydrogen-bond acceptors (Lipinski definition) is 6. The van der Waals surface area contributed by atoms with Crippen LogP contribution in [0.2, 0.25) is 0 Å². The molecule has 1 aliphatic heterocycles. The largest absolute Gasteiger partial charge is 0.407 e. The van der Waals surface area contributed by atoms with Crippen LogP contribution in [0.15, 0.2) is 4.42 Å². The van der Waals surface area contributed by atoms with Gasteiger partial charge >= 0.3 is 6.01 Å². The van der Waals surface area contributed by atoms with E-state index in [2.05, 4.69) is 15.5 Å². The zero-order valence-electron chi connectivity index (χ0n) is 8.61. The molecule has 2 rings (SSSR count). The second-order valence-electron chi connectivity index (χ2n) is 3.57. The Labute approximate surface area is 88.2 Å². The van der Waals surface area contributed by atoms with Gasteiger partial charge in [-0.2, -0.15) is 0 Å². The summed E-state index contributed by atoms with van der Waals surface area (Å²) >= 11 is 0. The van der Waals surface area contributed by atoms with Crippen LogP contribution in [0.5, 0.6) is 0 Å². The Morgan fingerprint density at radius 2 is 2.33 bits per heavy atom. The Bertz CT molecular complexity index is 296. The second-order valence-corrected chi connectivity index (χ2v) is 3.57. The van der Waals surface area contributed by atoms with Crippen LogP contribution in [0.1, 0.15) is 25.2 Å². The van der Waals surface area contributed by atoms with Gasteiger partial charge in [0.05, 0.1) is 12.6 Å². The molecule has 1 aromatic rings. The van der Waals surface area contributed by atoms with E-state index in [-0.39, 0.29) is 12.6 Å². The predicted molar refractivity (Wildman–Crippen MR) is 54.3 cm³/mol. The lowest BCUT2D eigenvalue weighted by Gasteiger charge is -2.22. The summed E-state index contributed by atoms with van der Waals surface area (Å²) in [5.41, 5.74) is 5.35. The van der Waals surface area contributed by atoms with Crippen LogP contribution < -0.4 is 11.1 Å². The molecule has 1 atom stereocenters. The van der Waals surface area contributed by atoms with Gasteiger partial charge in [0.1, 0.15) is 0 Å². The first-order valence-corrected chi connectivity index (χ1v) is 5.26. The van der Waals surface area contributed by atoms with Gasteiger partial charge in [0.2, 0.25) is 5.89 Å². The van der Waals surface area contributed by atoms with Crippen LogP contribution >= 0.6 is 0 Å². The van der Waals surface area contributed by atoms with Gasteiger partial charge in [-0.05, 0) is 19.3 Å². The first-order valence-electron chi connectivity index (χ1n) is 5.26. The number of nitrogens with one attached hydrogen (secondary N) is 1. The maximum absolute atomic E-state index is 5.56. The van der Waals surface area contributed by atoms with Gasteiger partial charge in [-0.15, -0.1) is 5.10 Å². The summed E-state index contributed by atoms with van der Waals surface area (Å²) in [4.78, 5) is 0. The van der Waals surface area contributed by atoms with E-state index in [1.165, 1.54) is 6.42 Å². The molecule has 84 valence electrons. The van der Waals surface area contributed by atoms with Gasteiger partial charge in [0.25, 0.3) is 0 Å². The summed E-state index contributed by atoms with van der Waals surface area (Å²) in [6, 6.07) is 0.421. The second kappa shape index (κ2) is 5.09. The predicted octanol–water partition coefficient (Wildman–Crippen LogP) is 0.509. The third-order valence-electron chi connectivity index (χ3n) is 2.40. The molecule has 0 spiro atoms. The van der Waals surface area contributed by atoms with Crippen LogP contribution in [0, 0.1) is 0 Å². The average Bonchev–Trinajstić information content (AvgIpc) is 2.76. The SMILES string of the molecule is NCc1nnc(NCC2CCCCO2)o1. The van der Waals surface area contributed by atoms with Gasteiger partial charge < -0.3 is 20.2 Å². The first kappa shape index (κ1) is 10.4. The summed E-state index contributed by atoms with van der Waals surface area (Å²) in [6.07, 6.45) is 3.73. The quantitative estimate of drug-likeness (QED) is 0.756. The fourth-order valence-corrected chi connectivity index (χ4v) is 1.58. The lowest BCUT2D eigenvalue weighted by Crippen LogP contribution is -2.27. The molecule has 15 heavy (non-hydrogen) atoms. The van der Waals surface area contributed by atoms with Crippen molar-refractivity contribution in [3.8, 4) is 0 Å². The molecule has 0 bridgehead atoms. The van der Waals surface area contributed by atoms with Crippen molar-refractivity contribution in [2.75, 3.05) is 18.5 Å². The topological polar surface area (TPSA) is 86.2 Å². The molecule has 1 fully saturated rings. The van der Waals surface area contributed by atoms with Crippen molar-refractivity contribution in [1.82, 2.24) is 10.2 Å². The van der Waals surface area contributed by atoms with E-state index in [1.54, 1.807) is 0 Å². The molecule has 0 radical (unpaired) electrons. The fraction of sp³-hybridized carbons (Fsp3) is 0.778. The fourth-order valence-electron chi connectivity index (χ4n) is 1.58. The van der Waals surface area contributed by atoms with Crippen molar-refractivity contribution in [2.45, 2.75) is 31.9 Å². The van der Waals surface area contributed by atoms with E-state index in [9.17, 15) is 0 Å². The lowest BCUT2D eigenvalue weighted by molar-refractivity contribution is 0.0244. The Kier molecular flexibility index (Phi) is 3.52. The average molecular weight is 212 g/mol. The standard InChI is InChI=1S/C9H16N4O2/c10-5-8-12-13-9(15-8)11-6-7-3-1-2-4-14-7/h7H,1-6,10H2,(H,11,13). The highest BCUT2D eigenvalue weighted by atomic mass is 16.5. The Hall–Kier alpha value is -1.14. The van der Waals surface area contributed by atoms with Crippen molar-refractivity contribution < 1.29 is 9.15 Å². The van der Waals surface area contributed by atoms with E-state index in [1.807, 2.05) is 0 Å². The van der Waals surface area contributed by atoms with E-state index in [0.717, 1.165) is 19.4 Å². The van der Waals surface area contributed by atoms with Crippen LogP contribution in [0.25, 0.3) is 0 Å². The van der Waals surface area contributed by atoms with Crippen LogP contribution in [0.3, 0.4) is 0 Å². The lowest BCUT2D eigenvalue weighted by atomic mass is 10.1. The zero-order valence-corrected chi connectivity index (χ0v) is 8.61. The summed E-state index contributed by atoms with van der Waals surface area (Å²) < 4.78 is 10.8. The van der Waals surface area contributed by atoms with Crippen LogP contribution in [0.4, 0.5) is 6.01 Å². The van der Waals surface area contributed by atoms with Crippen molar-refractivity contribution in [2.24, 2.45) is 5.73 Å². The number of ether oxygens (including phenoxy) is 1. The summed E-state index contributed by atoms with van der Waals surface area (Å²) in [5.74, 6) is 0.446. The highest BCUT2D eigenvalue weighted by Crippen LogP contribution is 2.13. The van der Waals surface area contributed by atoms with E-state index in [4.69, 9.17) is 14.9 Å². The maximum Gasteiger partial charge on any atom is 0.315 e. The van der Waals surface area contributed by atoms with Gasteiger partial charge in [-0.1, -0.05) is 5.10 Å². The number of nitrogens with two attached hydrogens (primary N) is 1. The van der Waals surface area contributed by atoms with Crippen LogP contribution in [-0.2, 0) is 11.3 Å². The minimum atomic E-state index is 0.256. The molecule has 1 aliphatic rings. The molecule has 0 aliphatic carbocycles. The highest BCUT2D eigenvalue weighted by Gasteiger charge is 2.14. The molecule has 3 N–H and O–H groups in total. The molecule has 0 aromatic carbocycles. The van der Waals surface area contributed by atoms with Gasteiger partial charge in [-0.25, -0.2) is 0 Å². The van der Waals surface area contributed by atoms with Crippen molar-refractivity contribution >= 4 is 6.01 Å². The van der Waals surface area contributed by atoms with Crippen LogP contribution in [-0.4, -0.2) is 29.5 Å². The van der Waals surface area contributed by atoms with Crippen molar-refractivity contribution in [3.05, 3.63) is 5.89 Å². The third kappa shape index (κ3) is 2.90. The van der Waals surface area contributed by atoms with E-state index in [0.29, 0.717) is 18.5 Å². The molecule has 1 aromatic heterocycles. The first-order chi connectivity index (χ1) is 7.38. The molecular formula is C9H16N4O2. The minimum Gasteiger partial charge on any atom is -0.407 e. The molecule has 0 saturated carbocycles. The molecular weight excluding hydrogens is 196 g/mol. The highest BCUT2D eigenvalue weighted by molar-refractivity contribution is 5.17. The summed E-state index contributed by atoms with van der Waals surface area (Å²) in [7, 11) is 0. The maximum atomic E-state index is 5.56. The molecule has 6 heteroatoms. The van der Waals surface area contributed by atoms with E-state index < -0.39 is 0 Å². The Morgan fingerprint density at radius 1 is 1.40 bits per heavy atom. The summed E-state index contributed by atoms with van der Waals surface area (Å²) in [5, 5.41) is 10.6. The summed E-state index contributed by atoms with van der Waals surface area (Å²) in [6.45, 7) is 1.84. The molecule has 1 saturated heterocycles. The van der Waals surface area contributed by atoms with Gasteiger partial charge in [0.15, 0.2) is 0 Å². The number of anilines is 1. The number of hydrogen-bond donors (Lipinski definition) is 2. The normalized spacial score (nSPS) is 21.5. The van der Waals surface area contributed by atoms with Crippen molar-refractivity contribution in [1.29, 1.82) is 0 Å². The zero-order chi connectivity index (χ0) is 10.5. The van der Waals surface area contributed by atoms with Gasteiger partial charge in [-0.3, -0.25) is 0 Å². The number of nitrogens with zero attached hydrogens (tertiary/aromatic N) is 2. The van der Waals surface area contributed by atoms with E-state index >= 15 is 0 Å². The Balaban J connectivity index is 1.76. The monoisotopic (exact) mass is 212 g/mol. The smallest absolute Gasteiger partial charge is 0.315 e. The molecule has 0 amide bonds. The molecule has 2 heterocycles. The van der Waals surface area contributed by atoms with Gasteiger partial charge in [0, 0.05) is 13.2 Å². The molecule has 1 unspecified atom stereocenters. The molecule has 6 nitrogen and oxygen atoms in total. The minimum absolute atomic E-state index is 0.256. The third-order valence-corrected chi connectivity index (χ3v) is 2.40.